The lowest BCUT2D eigenvalue weighted by Gasteiger charge is -2.44. The number of carbonyl (C=O) groups is 1. The lowest BCUT2D eigenvalue weighted by molar-refractivity contribution is -0.131. The molecule has 2 aliphatic rings. The molecule has 0 saturated carbocycles. The molecule has 5 nitrogen and oxygen atoms in total. The van der Waals surface area contributed by atoms with Crippen molar-refractivity contribution in [3.05, 3.63) is 29.8 Å². The van der Waals surface area contributed by atoms with Crippen LogP contribution in [0.3, 0.4) is 0 Å². The highest BCUT2D eigenvalue weighted by Crippen LogP contribution is 2.32. The smallest absolute Gasteiger partial charge is 0.241 e. The molecule has 142 valence electrons. The van der Waals surface area contributed by atoms with Crippen molar-refractivity contribution in [1.82, 2.24) is 15.1 Å². The summed E-state index contributed by atoms with van der Waals surface area (Å²) in [6.07, 6.45) is 4.75. The number of rotatable bonds is 4. The second-order valence-corrected chi connectivity index (χ2v) is 8.57. The third-order valence-corrected chi connectivity index (χ3v) is 6.48. The third kappa shape index (κ3) is 4.00. The van der Waals surface area contributed by atoms with Crippen LogP contribution < -0.4 is 10.6 Å². The number of likely N-dealkylation sites (N-methyl/N-ethyl adjacent to an activating group) is 1. The molecule has 2 N–H and O–H groups in total. The quantitative estimate of drug-likeness (QED) is 0.769. The van der Waals surface area contributed by atoms with Gasteiger partial charge in [-0.2, -0.15) is 11.8 Å². The van der Waals surface area contributed by atoms with E-state index in [1.807, 2.05) is 24.1 Å². The maximum atomic E-state index is 12.6. The van der Waals surface area contributed by atoms with Crippen LogP contribution in [0.15, 0.2) is 24.3 Å². The normalized spacial score (nSPS) is 22.1. The molecule has 0 bridgehead atoms. The Morgan fingerprint density at radius 3 is 2.81 bits per heavy atom. The fourth-order valence-electron chi connectivity index (χ4n) is 3.84. The number of likely N-dealkylation sites (tertiary alicyclic amines) is 1. The SMILES string of the molecule is CSCCC1NC2(CCN(C(=S)Nc3cccc(C)c3)CC2)N(C)C1=O. The summed E-state index contributed by atoms with van der Waals surface area (Å²) in [4.78, 5) is 16.7. The molecule has 2 fully saturated rings. The van der Waals surface area contributed by atoms with E-state index < -0.39 is 0 Å². The van der Waals surface area contributed by atoms with Crippen LogP contribution in [0.1, 0.15) is 24.8 Å². The molecule has 2 aliphatic heterocycles. The van der Waals surface area contributed by atoms with Gasteiger partial charge in [-0.1, -0.05) is 12.1 Å². The number of aryl methyl sites for hydroxylation is 1. The van der Waals surface area contributed by atoms with Gasteiger partial charge in [-0.3, -0.25) is 10.1 Å². The summed E-state index contributed by atoms with van der Waals surface area (Å²) < 4.78 is 0. The van der Waals surface area contributed by atoms with Gasteiger partial charge in [-0.15, -0.1) is 0 Å². The van der Waals surface area contributed by atoms with Gasteiger partial charge in [0.05, 0.1) is 11.7 Å². The van der Waals surface area contributed by atoms with E-state index in [9.17, 15) is 4.79 Å². The van der Waals surface area contributed by atoms with Crippen LogP contribution in [0.2, 0.25) is 0 Å². The molecule has 1 aromatic rings. The highest BCUT2D eigenvalue weighted by Gasteiger charge is 2.49. The van der Waals surface area contributed by atoms with Gasteiger partial charge in [0.2, 0.25) is 5.91 Å². The average Bonchev–Trinajstić information content (AvgIpc) is 2.85. The number of benzene rings is 1. The number of amides is 1. The Hall–Kier alpha value is -1.31. The minimum absolute atomic E-state index is 0.0450. The van der Waals surface area contributed by atoms with E-state index in [2.05, 4.69) is 40.8 Å². The Bertz CT molecular complexity index is 673. The van der Waals surface area contributed by atoms with E-state index in [4.69, 9.17) is 12.2 Å². The van der Waals surface area contributed by atoms with Gasteiger partial charge in [-0.05, 0) is 55.3 Å². The van der Waals surface area contributed by atoms with E-state index in [1.54, 1.807) is 11.8 Å². The zero-order valence-corrected chi connectivity index (χ0v) is 17.4. The van der Waals surface area contributed by atoms with Crippen LogP contribution >= 0.6 is 24.0 Å². The molecule has 2 heterocycles. The highest BCUT2D eigenvalue weighted by molar-refractivity contribution is 7.98. The van der Waals surface area contributed by atoms with Crippen LogP contribution in [0.4, 0.5) is 5.69 Å². The molecule has 3 rings (SSSR count). The molecule has 1 unspecified atom stereocenters. The minimum Gasteiger partial charge on any atom is -0.349 e. The van der Waals surface area contributed by atoms with Crippen molar-refractivity contribution in [1.29, 1.82) is 0 Å². The van der Waals surface area contributed by atoms with Crippen LogP contribution in [-0.4, -0.2) is 64.7 Å². The predicted molar refractivity (Wildman–Crippen MR) is 114 cm³/mol. The molecular weight excluding hydrogens is 364 g/mol. The van der Waals surface area contributed by atoms with Crippen molar-refractivity contribution in [3.8, 4) is 0 Å². The largest absolute Gasteiger partial charge is 0.349 e. The van der Waals surface area contributed by atoms with Crippen molar-refractivity contribution in [2.24, 2.45) is 0 Å². The van der Waals surface area contributed by atoms with E-state index >= 15 is 0 Å². The molecule has 1 amide bonds. The van der Waals surface area contributed by atoms with Gasteiger partial charge in [0, 0.05) is 38.7 Å². The lowest BCUT2D eigenvalue weighted by Crippen LogP contribution is -2.58. The summed E-state index contributed by atoms with van der Waals surface area (Å²) in [6.45, 7) is 3.76. The molecule has 0 aromatic heterocycles. The number of thiocarbonyl (C=S) groups is 1. The number of hydrogen-bond donors (Lipinski definition) is 2. The van der Waals surface area contributed by atoms with E-state index in [-0.39, 0.29) is 17.6 Å². The molecule has 2 saturated heterocycles. The summed E-state index contributed by atoms with van der Waals surface area (Å²) in [5.41, 5.74) is 2.02. The van der Waals surface area contributed by atoms with E-state index in [1.165, 1.54) is 5.56 Å². The first-order chi connectivity index (χ1) is 12.4. The second kappa shape index (κ2) is 8.15. The van der Waals surface area contributed by atoms with Crippen molar-refractivity contribution in [2.45, 2.75) is 37.9 Å². The molecule has 26 heavy (non-hydrogen) atoms. The van der Waals surface area contributed by atoms with Crippen LogP contribution in [0.5, 0.6) is 0 Å². The van der Waals surface area contributed by atoms with Crippen molar-refractivity contribution in [3.63, 3.8) is 0 Å². The molecule has 1 aromatic carbocycles. The Morgan fingerprint density at radius 1 is 1.42 bits per heavy atom. The number of nitrogens with one attached hydrogen (secondary N) is 2. The number of piperidine rings is 1. The summed E-state index contributed by atoms with van der Waals surface area (Å²) in [5, 5.41) is 7.73. The number of carbonyl (C=O) groups excluding carboxylic acids is 1. The molecular formula is C19H28N4OS2. The third-order valence-electron chi connectivity index (χ3n) is 5.47. The average molecular weight is 393 g/mol. The Kier molecular flexibility index (Phi) is 6.10. The Balaban J connectivity index is 1.58. The van der Waals surface area contributed by atoms with Crippen molar-refractivity contribution < 1.29 is 4.79 Å². The lowest BCUT2D eigenvalue weighted by atomic mass is 9.96. The van der Waals surface area contributed by atoms with Gasteiger partial charge in [-0.25, -0.2) is 0 Å². The monoisotopic (exact) mass is 392 g/mol. The summed E-state index contributed by atoms with van der Waals surface area (Å²) >= 11 is 7.40. The fourth-order valence-corrected chi connectivity index (χ4v) is 4.62. The molecule has 1 spiro atoms. The van der Waals surface area contributed by atoms with Crippen molar-refractivity contribution in [2.75, 3.05) is 37.5 Å². The summed E-state index contributed by atoms with van der Waals surface area (Å²) in [7, 11) is 1.94. The Labute approximate surface area is 165 Å². The summed E-state index contributed by atoms with van der Waals surface area (Å²) in [5.74, 6) is 1.23. The minimum atomic E-state index is -0.213. The molecule has 0 aliphatic carbocycles. The number of anilines is 1. The fraction of sp³-hybridized carbons (Fsp3) is 0.579. The van der Waals surface area contributed by atoms with Gasteiger partial charge >= 0.3 is 0 Å². The zero-order valence-electron chi connectivity index (χ0n) is 15.7. The first-order valence-corrected chi connectivity index (χ1v) is 10.9. The molecule has 1 atom stereocenters. The first-order valence-electron chi connectivity index (χ1n) is 9.12. The Morgan fingerprint density at radius 2 is 2.15 bits per heavy atom. The maximum Gasteiger partial charge on any atom is 0.241 e. The van der Waals surface area contributed by atoms with Gasteiger partial charge in [0.15, 0.2) is 5.11 Å². The predicted octanol–water partition coefficient (Wildman–Crippen LogP) is 2.67. The summed E-state index contributed by atoms with van der Waals surface area (Å²) in [6, 6.07) is 8.19. The molecule has 7 heteroatoms. The van der Waals surface area contributed by atoms with Crippen LogP contribution in [-0.2, 0) is 4.79 Å². The number of hydrogen-bond acceptors (Lipinski definition) is 4. The topological polar surface area (TPSA) is 47.6 Å². The van der Waals surface area contributed by atoms with E-state index in [0.717, 1.165) is 48.9 Å². The standard InChI is InChI=1S/C19H28N4OS2/c1-14-5-4-6-15(13-14)20-18(25)23-10-8-19(9-11-23)21-16(7-12-26-3)17(24)22(19)2/h4-6,13,16,21H,7-12H2,1-3H3,(H,20,25). The first kappa shape index (κ1) is 19.5. The maximum absolute atomic E-state index is 12.6. The number of nitrogens with zero attached hydrogens (tertiary/aromatic N) is 2. The number of thioether (sulfide) groups is 1. The van der Waals surface area contributed by atoms with Crippen LogP contribution in [0, 0.1) is 6.92 Å². The van der Waals surface area contributed by atoms with Gasteiger partial charge < -0.3 is 15.1 Å². The second-order valence-electron chi connectivity index (χ2n) is 7.19. The highest BCUT2D eigenvalue weighted by atomic mass is 32.2. The zero-order chi connectivity index (χ0) is 18.7. The van der Waals surface area contributed by atoms with Gasteiger partial charge in [0.1, 0.15) is 0 Å². The van der Waals surface area contributed by atoms with Gasteiger partial charge in [0.25, 0.3) is 0 Å². The molecule has 0 radical (unpaired) electrons. The van der Waals surface area contributed by atoms with E-state index in [0.29, 0.717) is 0 Å². The van der Waals surface area contributed by atoms with Crippen LogP contribution in [0.25, 0.3) is 0 Å². The van der Waals surface area contributed by atoms with Crippen molar-refractivity contribution >= 4 is 40.7 Å².